The fraction of sp³-hybridized carbons (Fsp3) is 0.556. The lowest BCUT2D eigenvalue weighted by atomic mass is 10.2. The molecule has 0 fully saturated rings. The first-order chi connectivity index (χ1) is 4.41. The van der Waals surface area contributed by atoms with E-state index in [0.717, 1.165) is 6.42 Å². The van der Waals surface area contributed by atoms with Gasteiger partial charge in [0.1, 0.15) is 0 Å². The minimum Gasteiger partial charge on any atom is -0.0991 e. The molecule has 0 atom stereocenters. The largest absolute Gasteiger partial charge is 0.0991 e. The van der Waals surface area contributed by atoms with Crippen molar-refractivity contribution in [3.63, 3.8) is 0 Å². The van der Waals surface area contributed by atoms with Gasteiger partial charge in [0.25, 0.3) is 0 Å². The molecular weight excluding hydrogens is 108 g/mol. The molecule has 0 aliphatic carbocycles. The molecule has 0 aromatic heterocycles. The summed E-state index contributed by atoms with van der Waals surface area (Å²) in [5.74, 6) is 0. The smallest absolute Gasteiger partial charge is 0.0276 e. The van der Waals surface area contributed by atoms with Crippen molar-refractivity contribution in [2.75, 3.05) is 0 Å². The average Bonchev–Trinajstić information content (AvgIpc) is 1.89. The van der Waals surface area contributed by atoms with Crippen LogP contribution in [-0.4, -0.2) is 0 Å². The van der Waals surface area contributed by atoms with Crippen LogP contribution in [0.4, 0.5) is 0 Å². The van der Waals surface area contributed by atoms with Crippen molar-refractivity contribution >= 4 is 0 Å². The first-order valence-corrected chi connectivity index (χ1v) is 3.59. The van der Waals surface area contributed by atoms with Gasteiger partial charge in [0.05, 0.1) is 0 Å². The van der Waals surface area contributed by atoms with Gasteiger partial charge >= 0.3 is 0 Å². The number of hydrogen-bond acceptors (Lipinski definition) is 0. The van der Waals surface area contributed by atoms with E-state index in [0.29, 0.717) is 0 Å². The van der Waals surface area contributed by atoms with Gasteiger partial charge in [-0.2, -0.15) is 0 Å². The van der Waals surface area contributed by atoms with E-state index in [-0.39, 0.29) is 0 Å². The maximum absolute atomic E-state index is 3.56. The molecule has 0 spiro atoms. The Morgan fingerprint density at radius 3 is 2.78 bits per heavy atom. The fourth-order valence-electron chi connectivity index (χ4n) is 0.644. The lowest BCUT2D eigenvalue weighted by molar-refractivity contribution is 0.723. The van der Waals surface area contributed by atoms with E-state index in [1.807, 2.05) is 6.08 Å². The lowest BCUT2D eigenvalue weighted by Gasteiger charge is -1.88. The van der Waals surface area contributed by atoms with Crippen molar-refractivity contribution in [1.29, 1.82) is 0 Å². The predicted octanol–water partition coefficient (Wildman–Crippen LogP) is 3.11. The Hall–Kier alpha value is -0.520. The summed E-state index contributed by atoms with van der Waals surface area (Å²) in [7, 11) is 0. The average molecular weight is 123 g/mol. The lowest BCUT2D eigenvalue weighted by Crippen LogP contribution is -1.69. The van der Waals surface area contributed by atoms with Crippen molar-refractivity contribution in [1.82, 2.24) is 0 Å². The summed E-state index contributed by atoms with van der Waals surface area (Å²) in [5, 5.41) is 0. The molecule has 0 nitrogen and oxygen atoms in total. The molecule has 9 heavy (non-hydrogen) atoms. The predicted molar refractivity (Wildman–Crippen MR) is 42.2 cm³/mol. The molecule has 0 saturated heterocycles. The van der Waals surface area contributed by atoms with Crippen LogP contribution in [0.5, 0.6) is 0 Å². The van der Waals surface area contributed by atoms with Crippen LogP contribution in [0, 0.1) is 6.08 Å². The third-order valence-electron chi connectivity index (χ3n) is 1.16. The van der Waals surface area contributed by atoms with E-state index in [2.05, 4.69) is 19.6 Å². The molecule has 0 heterocycles. The van der Waals surface area contributed by atoms with Gasteiger partial charge in [0, 0.05) is 0 Å². The molecule has 1 radical (unpaired) electrons. The number of allylic oxidation sites excluding steroid dienone is 3. The maximum atomic E-state index is 3.56. The van der Waals surface area contributed by atoms with E-state index < -0.39 is 0 Å². The van der Waals surface area contributed by atoms with Gasteiger partial charge < -0.3 is 0 Å². The SMILES string of the molecule is C=C/C=[C]\CCCCC. The first kappa shape index (κ1) is 8.48. The Kier molecular flexibility index (Phi) is 7.05. The second-order valence-corrected chi connectivity index (χ2v) is 2.06. The van der Waals surface area contributed by atoms with E-state index in [1.54, 1.807) is 6.08 Å². The summed E-state index contributed by atoms with van der Waals surface area (Å²) in [6.07, 6.45) is 11.7. The Morgan fingerprint density at radius 1 is 1.44 bits per heavy atom. The summed E-state index contributed by atoms with van der Waals surface area (Å²) < 4.78 is 0. The highest BCUT2D eigenvalue weighted by Crippen LogP contribution is 1.98. The van der Waals surface area contributed by atoms with Crippen LogP contribution in [0.2, 0.25) is 0 Å². The zero-order valence-corrected chi connectivity index (χ0v) is 6.19. The van der Waals surface area contributed by atoms with Crippen LogP contribution in [0.25, 0.3) is 0 Å². The molecule has 51 valence electrons. The van der Waals surface area contributed by atoms with Gasteiger partial charge in [-0.25, -0.2) is 0 Å². The van der Waals surface area contributed by atoms with Gasteiger partial charge in [-0.1, -0.05) is 38.5 Å². The van der Waals surface area contributed by atoms with Crippen LogP contribution in [-0.2, 0) is 0 Å². The quantitative estimate of drug-likeness (QED) is 0.389. The summed E-state index contributed by atoms with van der Waals surface area (Å²) >= 11 is 0. The molecule has 0 rings (SSSR count). The van der Waals surface area contributed by atoms with Crippen molar-refractivity contribution in [3.05, 3.63) is 24.8 Å². The minimum absolute atomic E-state index is 1.08. The Morgan fingerprint density at radius 2 is 2.22 bits per heavy atom. The molecule has 0 heteroatoms. The highest BCUT2D eigenvalue weighted by molar-refractivity contribution is 4.91. The number of unbranched alkanes of at least 4 members (excludes halogenated alkanes) is 3. The van der Waals surface area contributed by atoms with E-state index in [4.69, 9.17) is 0 Å². The second-order valence-electron chi connectivity index (χ2n) is 2.06. The normalized spacial score (nSPS) is 10.3. The molecule has 0 unspecified atom stereocenters. The summed E-state index contributed by atoms with van der Waals surface area (Å²) in [6.45, 7) is 5.77. The maximum Gasteiger partial charge on any atom is -0.0276 e. The molecular formula is C9H15. The molecule has 0 saturated carbocycles. The minimum atomic E-state index is 1.08. The van der Waals surface area contributed by atoms with Crippen LogP contribution in [0.3, 0.4) is 0 Å². The molecule has 0 aliphatic heterocycles. The van der Waals surface area contributed by atoms with Crippen molar-refractivity contribution in [2.45, 2.75) is 32.6 Å². The fourth-order valence-corrected chi connectivity index (χ4v) is 0.644. The zero-order chi connectivity index (χ0) is 6.95. The highest BCUT2D eigenvalue weighted by atomic mass is 13.8. The van der Waals surface area contributed by atoms with Crippen molar-refractivity contribution in [2.24, 2.45) is 0 Å². The molecule has 0 N–H and O–H groups in total. The van der Waals surface area contributed by atoms with Gasteiger partial charge in [0.15, 0.2) is 0 Å². The second kappa shape index (κ2) is 7.48. The molecule has 0 aromatic carbocycles. The van der Waals surface area contributed by atoms with Crippen LogP contribution in [0.1, 0.15) is 32.6 Å². The van der Waals surface area contributed by atoms with Gasteiger partial charge in [-0.05, 0) is 18.9 Å². The third kappa shape index (κ3) is 7.48. The molecule has 0 amide bonds. The van der Waals surface area contributed by atoms with Gasteiger partial charge in [-0.15, -0.1) is 0 Å². The van der Waals surface area contributed by atoms with Crippen LogP contribution < -0.4 is 0 Å². The summed E-state index contributed by atoms with van der Waals surface area (Å²) in [4.78, 5) is 0. The Balaban J connectivity index is 2.90. The highest BCUT2D eigenvalue weighted by Gasteiger charge is 1.79. The standard InChI is InChI=1S/C9H15/c1-3-5-7-9-8-6-4-2/h3,5H,1,4,6,8-9H2,2H3. The molecule has 0 aromatic rings. The van der Waals surface area contributed by atoms with Crippen molar-refractivity contribution in [3.8, 4) is 0 Å². The van der Waals surface area contributed by atoms with E-state index >= 15 is 0 Å². The van der Waals surface area contributed by atoms with E-state index in [9.17, 15) is 0 Å². The number of hydrogen-bond donors (Lipinski definition) is 0. The van der Waals surface area contributed by atoms with Crippen LogP contribution in [0.15, 0.2) is 18.7 Å². The first-order valence-electron chi connectivity index (χ1n) is 3.59. The zero-order valence-electron chi connectivity index (χ0n) is 6.19. The summed E-state index contributed by atoms with van der Waals surface area (Å²) in [6, 6.07) is 0. The molecule has 0 bridgehead atoms. The Labute approximate surface area is 58.3 Å². The topological polar surface area (TPSA) is 0 Å². The van der Waals surface area contributed by atoms with Crippen molar-refractivity contribution < 1.29 is 0 Å². The van der Waals surface area contributed by atoms with Crippen LogP contribution >= 0.6 is 0 Å². The monoisotopic (exact) mass is 123 g/mol. The van der Waals surface area contributed by atoms with Gasteiger partial charge in [-0.3, -0.25) is 0 Å². The molecule has 0 aliphatic rings. The number of rotatable bonds is 5. The van der Waals surface area contributed by atoms with E-state index in [1.165, 1.54) is 19.3 Å². The summed E-state index contributed by atoms with van der Waals surface area (Å²) in [5.41, 5.74) is 0. The Bertz CT molecular complexity index is 80.0. The van der Waals surface area contributed by atoms with Gasteiger partial charge in [0.2, 0.25) is 0 Å². The third-order valence-corrected chi connectivity index (χ3v) is 1.16.